The van der Waals surface area contributed by atoms with E-state index in [1.165, 1.54) is 0 Å². The van der Waals surface area contributed by atoms with Gasteiger partial charge in [0.15, 0.2) is 6.10 Å². The van der Waals surface area contributed by atoms with E-state index in [0.717, 1.165) is 24.4 Å². The second-order valence-electron chi connectivity index (χ2n) is 4.62. The van der Waals surface area contributed by atoms with E-state index < -0.39 is 12.0 Å². The molecule has 106 valence electrons. The number of imidazole rings is 1. The summed E-state index contributed by atoms with van der Waals surface area (Å²) < 4.78 is 7.47. The zero-order valence-electron chi connectivity index (χ0n) is 11.7. The number of hydrogen-bond donors (Lipinski definition) is 1. The van der Waals surface area contributed by atoms with Gasteiger partial charge in [0.2, 0.25) is 0 Å². The Morgan fingerprint density at radius 2 is 2.10 bits per heavy atom. The van der Waals surface area contributed by atoms with Crippen LogP contribution in [0.3, 0.4) is 0 Å². The van der Waals surface area contributed by atoms with Crippen LogP contribution < -0.4 is 10.5 Å². The van der Waals surface area contributed by atoms with E-state index in [9.17, 15) is 4.79 Å². The molecule has 0 bridgehead atoms. The minimum absolute atomic E-state index is 0.478. The van der Waals surface area contributed by atoms with Crippen LogP contribution in [0.5, 0.6) is 5.75 Å². The molecule has 2 aromatic rings. The van der Waals surface area contributed by atoms with Gasteiger partial charge in [-0.05, 0) is 37.6 Å². The van der Waals surface area contributed by atoms with Gasteiger partial charge in [-0.25, -0.2) is 4.98 Å². The maximum atomic E-state index is 11.0. The third-order valence-corrected chi connectivity index (χ3v) is 3.02. The molecule has 1 atom stereocenters. The van der Waals surface area contributed by atoms with Gasteiger partial charge in [-0.1, -0.05) is 6.92 Å². The molecule has 0 unspecified atom stereocenters. The number of nitrogens with zero attached hydrogens (tertiary/aromatic N) is 2. The largest absolute Gasteiger partial charge is 0.481 e. The Bertz CT molecular complexity index is 575. The van der Waals surface area contributed by atoms with E-state index in [4.69, 9.17) is 10.5 Å². The fourth-order valence-electron chi connectivity index (χ4n) is 1.93. The zero-order chi connectivity index (χ0) is 14.5. The van der Waals surface area contributed by atoms with Gasteiger partial charge in [0, 0.05) is 24.5 Å². The maximum Gasteiger partial charge on any atom is 0.258 e. The Balaban J connectivity index is 2.15. The molecular formula is C15H19N3O2. The fourth-order valence-corrected chi connectivity index (χ4v) is 1.93. The molecule has 2 rings (SSSR count). The quantitative estimate of drug-likeness (QED) is 0.876. The zero-order valence-corrected chi connectivity index (χ0v) is 11.7. The first kappa shape index (κ1) is 14.1. The van der Waals surface area contributed by atoms with E-state index in [0.29, 0.717) is 5.75 Å². The van der Waals surface area contributed by atoms with Crippen LogP contribution in [0.1, 0.15) is 26.1 Å². The Morgan fingerprint density at radius 1 is 1.40 bits per heavy atom. The molecule has 0 radical (unpaired) electrons. The molecule has 0 spiro atoms. The van der Waals surface area contributed by atoms with Gasteiger partial charge in [0.05, 0.1) is 0 Å². The van der Waals surface area contributed by atoms with Crippen LogP contribution in [0.15, 0.2) is 36.7 Å². The SMILES string of the molecule is CCCc1nccn1-c1ccc(O[C@@H](C)C(N)=O)cc1. The summed E-state index contributed by atoms with van der Waals surface area (Å²) in [4.78, 5) is 15.3. The van der Waals surface area contributed by atoms with Crippen molar-refractivity contribution in [2.24, 2.45) is 5.73 Å². The highest BCUT2D eigenvalue weighted by Gasteiger charge is 2.10. The van der Waals surface area contributed by atoms with Crippen LogP contribution in [0.2, 0.25) is 0 Å². The summed E-state index contributed by atoms with van der Waals surface area (Å²) >= 11 is 0. The molecule has 0 saturated heterocycles. The first-order valence-electron chi connectivity index (χ1n) is 6.70. The summed E-state index contributed by atoms with van der Waals surface area (Å²) in [5.41, 5.74) is 6.19. The molecule has 0 aliphatic carbocycles. The maximum absolute atomic E-state index is 11.0. The minimum Gasteiger partial charge on any atom is -0.481 e. The van der Waals surface area contributed by atoms with Crippen molar-refractivity contribution in [3.05, 3.63) is 42.5 Å². The lowest BCUT2D eigenvalue weighted by Gasteiger charge is -2.12. The number of carbonyl (C=O) groups is 1. The van der Waals surface area contributed by atoms with Gasteiger partial charge in [-0.2, -0.15) is 0 Å². The van der Waals surface area contributed by atoms with Crippen molar-refractivity contribution in [3.63, 3.8) is 0 Å². The van der Waals surface area contributed by atoms with E-state index in [-0.39, 0.29) is 0 Å². The van der Waals surface area contributed by atoms with Crippen molar-refractivity contribution in [1.82, 2.24) is 9.55 Å². The molecule has 1 aromatic heterocycles. The summed E-state index contributed by atoms with van der Waals surface area (Å²) in [5.74, 6) is 1.18. The fraction of sp³-hybridized carbons (Fsp3) is 0.333. The molecule has 5 nitrogen and oxygen atoms in total. The van der Waals surface area contributed by atoms with Crippen LogP contribution >= 0.6 is 0 Å². The van der Waals surface area contributed by atoms with Gasteiger partial charge in [0.25, 0.3) is 5.91 Å². The molecular weight excluding hydrogens is 254 g/mol. The number of ether oxygens (including phenoxy) is 1. The summed E-state index contributed by atoms with van der Waals surface area (Å²) in [7, 11) is 0. The highest BCUT2D eigenvalue weighted by atomic mass is 16.5. The van der Waals surface area contributed by atoms with E-state index in [1.54, 1.807) is 13.1 Å². The van der Waals surface area contributed by atoms with Crippen LogP contribution in [0.4, 0.5) is 0 Å². The Hall–Kier alpha value is -2.30. The van der Waals surface area contributed by atoms with Crippen LogP contribution in [-0.4, -0.2) is 21.6 Å². The van der Waals surface area contributed by atoms with Crippen molar-refractivity contribution < 1.29 is 9.53 Å². The van der Waals surface area contributed by atoms with Gasteiger partial charge >= 0.3 is 0 Å². The molecule has 1 aromatic carbocycles. The number of carbonyl (C=O) groups excluding carboxylic acids is 1. The highest BCUT2D eigenvalue weighted by Crippen LogP contribution is 2.18. The van der Waals surface area contributed by atoms with Crippen molar-refractivity contribution in [3.8, 4) is 11.4 Å². The van der Waals surface area contributed by atoms with Gasteiger partial charge in [-0.3, -0.25) is 4.79 Å². The number of nitrogens with two attached hydrogens (primary N) is 1. The van der Waals surface area contributed by atoms with Gasteiger partial charge in [0.1, 0.15) is 11.6 Å². The summed E-state index contributed by atoms with van der Waals surface area (Å²) in [6, 6.07) is 7.52. The van der Waals surface area contributed by atoms with Gasteiger partial charge < -0.3 is 15.0 Å². The Morgan fingerprint density at radius 3 is 2.70 bits per heavy atom. The van der Waals surface area contributed by atoms with E-state index in [1.807, 2.05) is 35.0 Å². The minimum atomic E-state index is -0.634. The molecule has 0 saturated carbocycles. The normalized spacial score (nSPS) is 12.1. The summed E-state index contributed by atoms with van der Waals surface area (Å²) in [6.45, 7) is 3.76. The smallest absolute Gasteiger partial charge is 0.258 e. The second-order valence-corrected chi connectivity index (χ2v) is 4.62. The Kier molecular flexibility index (Phi) is 4.40. The predicted molar refractivity (Wildman–Crippen MR) is 76.8 cm³/mol. The summed E-state index contributed by atoms with van der Waals surface area (Å²) in [5, 5.41) is 0. The number of primary amides is 1. The Labute approximate surface area is 118 Å². The molecule has 2 N–H and O–H groups in total. The van der Waals surface area contributed by atoms with E-state index >= 15 is 0 Å². The van der Waals surface area contributed by atoms with Gasteiger partial charge in [-0.15, -0.1) is 0 Å². The van der Waals surface area contributed by atoms with Crippen molar-refractivity contribution >= 4 is 5.91 Å². The highest BCUT2D eigenvalue weighted by molar-refractivity contribution is 5.78. The second kappa shape index (κ2) is 6.23. The number of rotatable bonds is 6. The average molecular weight is 273 g/mol. The lowest BCUT2D eigenvalue weighted by Crippen LogP contribution is -2.30. The molecule has 5 heteroatoms. The van der Waals surface area contributed by atoms with E-state index in [2.05, 4.69) is 11.9 Å². The molecule has 0 aliphatic rings. The number of aromatic nitrogens is 2. The predicted octanol–water partition coefficient (Wildman–Crippen LogP) is 2.08. The number of amides is 1. The summed E-state index contributed by atoms with van der Waals surface area (Å²) in [6.07, 6.45) is 5.08. The molecule has 1 amide bonds. The first-order valence-corrected chi connectivity index (χ1v) is 6.70. The lowest BCUT2D eigenvalue weighted by atomic mass is 10.2. The molecule has 0 aliphatic heterocycles. The van der Waals surface area contributed by atoms with Crippen LogP contribution in [-0.2, 0) is 11.2 Å². The van der Waals surface area contributed by atoms with Crippen molar-refractivity contribution in [2.45, 2.75) is 32.8 Å². The third kappa shape index (κ3) is 3.17. The third-order valence-electron chi connectivity index (χ3n) is 3.02. The molecule has 0 fully saturated rings. The first-order chi connectivity index (χ1) is 9.61. The monoisotopic (exact) mass is 273 g/mol. The van der Waals surface area contributed by atoms with Crippen molar-refractivity contribution in [2.75, 3.05) is 0 Å². The van der Waals surface area contributed by atoms with Crippen molar-refractivity contribution in [1.29, 1.82) is 0 Å². The number of hydrogen-bond acceptors (Lipinski definition) is 3. The lowest BCUT2D eigenvalue weighted by molar-refractivity contribution is -0.123. The number of aryl methyl sites for hydroxylation is 1. The average Bonchev–Trinajstić information content (AvgIpc) is 2.88. The number of benzene rings is 1. The van der Waals surface area contributed by atoms with Crippen LogP contribution in [0.25, 0.3) is 5.69 Å². The van der Waals surface area contributed by atoms with Crippen LogP contribution in [0, 0.1) is 0 Å². The topological polar surface area (TPSA) is 70.1 Å². The standard InChI is InChI=1S/C15H19N3O2/c1-3-4-14-17-9-10-18(14)12-5-7-13(8-6-12)20-11(2)15(16)19/h5-11H,3-4H2,1-2H3,(H2,16,19)/t11-/m0/s1. The molecule has 20 heavy (non-hydrogen) atoms. The molecule has 1 heterocycles.